The summed E-state index contributed by atoms with van der Waals surface area (Å²) in [6.45, 7) is 3.19. The highest BCUT2D eigenvalue weighted by Gasteiger charge is 2.13. The molecule has 3 rings (SSSR count). The lowest BCUT2D eigenvalue weighted by atomic mass is 10.0. The van der Waals surface area contributed by atoms with Crippen LogP contribution in [0.4, 0.5) is 0 Å². The van der Waals surface area contributed by atoms with Crippen LogP contribution in [0, 0.1) is 0 Å². The molecule has 2 aromatic rings. The fourth-order valence-electron chi connectivity index (χ4n) is 2.68. The van der Waals surface area contributed by atoms with E-state index in [1.165, 1.54) is 33.5 Å². The third-order valence-electron chi connectivity index (χ3n) is 3.83. The summed E-state index contributed by atoms with van der Waals surface area (Å²) >= 11 is 5.31. The second kappa shape index (κ2) is 5.78. The van der Waals surface area contributed by atoms with Gasteiger partial charge in [0.1, 0.15) is 0 Å². The summed E-state index contributed by atoms with van der Waals surface area (Å²) in [7, 11) is 0. The molecular weight excluding hydrogens is 318 g/mol. The molecule has 1 aliphatic carbocycles. The fourth-order valence-corrected chi connectivity index (χ4v) is 4.11. The molecule has 0 amide bonds. The highest BCUT2D eigenvalue weighted by molar-refractivity contribution is 9.11. The maximum absolute atomic E-state index is 3.61. The number of aryl methyl sites for hydroxylation is 2. The third-order valence-corrected chi connectivity index (χ3v) is 5.46. The molecule has 0 aliphatic heterocycles. The van der Waals surface area contributed by atoms with Crippen molar-refractivity contribution >= 4 is 27.3 Å². The van der Waals surface area contributed by atoms with Crippen molar-refractivity contribution in [2.75, 3.05) is 0 Å². The molecule has 1 unspecified atom stereocenters. The Bertz CT molecular complexity index is 576. The van der Waals surface area contributed by atoms with Crippen LogP contribution in [0.1, 0.15) is 41.0 Å². The Hall–Kier alpha value is -0.640. The lowest BCUT2D eigenvalue weighted by Crippen LogP contribution is -2.17. The highest BCUT2D eigenvalue weighted by atomic mass is 79.9. The number of benzene rings is 1. The van der Waals surface area contributed by atoms with Crippen LogP contribution in [-0.2, 0) is 19.4 Å². The summed E-state index contributed by atoms with van der Waals surface area (Å²) in [5.74, 6) is 0. The van der Waals surface area contributed by atoms with E-state index in [0.29, 0.717) is 6.04 Å². The van der Waals surface area contributed by atoms with Gasteiger partial charge >= 0.3 is 0 Å². The van der Waals surface area contributed by atoms with Crippen LogP contribution >= 0.6 is 27.3 Å². The first-order chi connectivity index (χ1) is 9.22. The summed E-state index contributed by atoms with van der Waals surface area (Å²) in [6, 6.07) is 11.7. The van der Waals surface area contributed by atoms with E-state index < -0.39 is 0 Å². The number of nitrogens with one attached hydrogen (secondary N) is 1. The molecule has 0 saturated heterocycles. The van der Waals surface area contributed by atoms with Crippen molar-refractivity contribution in [1.82, 2.24) is 5.32 Å². The first-order valence-corrected chi connectivity index (χ1v) is 8.42. The van der Waals surface area contributed by atoms with E-state index in [9.17, 15) is 0 Å². The standard InChI is InChI=1S/C16H18BrNS/c1-11(18-10-15-7-8-16(17)19-15)13-6-5-12-3-2-4-14(12)9-13/h5-9,11,18H,2-4,10H2,1H3. The van der Waals surface area contributed by atoms with Crippen molar-refractivity contribution in [2.45, 2.75) is 38.8 Å². The molecule has 1 aromatic heterocycles. The summed E-state index contributed by atoms with van der Waals surface area (Å²) in [5, 5.41) is 3.61. The molecule has 0 radical (unpaired) electrons. The first kappa shape index (κ1) is 13.3. The summed E-state index contributed by atoms with van der Waals surface area (Å²) in [6.07, 6.45) is 3.85. The molecule has 1 N–H and O–H groups in total. The van der Waals surface area contributed by atoms with E-state index in [1.807, 2.05) is 0 Å². The van der Waals surface area contributed by atoms with Gasteiger partial charge in [-0.2, -0.15) is 0 Å². The zero-order valence-corrected chi connectivity index (χ0v) is 13.5. The van der Waals surface area contributed by atoms with E-state index in [4.69, 9.17) is 0 Å². The Morgan fingerprint density at radius 1 is 1.21 bits per heavy atom. The van der Waals surface area contributed by atoms with Gasteiger partial charge in [0.15, 0.2) is 0 Å². The van der Waals surface area contributed by atoms with Crippen LogP contribution in [0.3, 0.4) is 0 Å². The fraction of sp³-hybridized carbons (Fsp3) is 0.375. The van der Waals surface area contributed by atoms with Gasteiger partial charge in [-0.3, -0.25) is 0 Å². The zero-order chi connectivity index (χ0) is 13.2. The van der Waals surface area contributed by atoms with Crippen LogP contribution in [0.2, 0.25) is 0 Å². The molecular formula is C16H18BrNS. The number of hydrogen-bond acceptors (Lipinski definition) is 2. The molecule has 1 heterocycles. The molecule has 0 bridgehead atoms. The largest absolute Gasteiger partial charge is 0.305 e. The average molecular weight is 336 g/mol. The van der Waals surface area contributed by atoms with E-state index in [0.717, 1.165) is 6.54 Å². The Labute approximate surface area is 127 Å². The molecule has 19 heavy (non-hydrogen) atoms. The number of thiophene rings is 1. The predicted octanol–water partition coefficient (Wildman–Crippen LogP) is 4.85. The van der Waals surface area contributed by atoms with Crippen molar-refractivity contribution in [2.24, 2.45) is 0 Å². The smallest absolute Gasteiger partial charge is 0.0701 e. The molecule has 0 saturated carbocycles. The van der Waals surface area contributed by atoms with Gasteiger partial charge in [-0.05, 0) is 70.9 Å². The van der Waals surface area contributed by atoms with E-state index in [1.54, 1.807) is 22.5 Å². The Kier molecular flexibility index (Phi) is 4.06. The van der Waals surface area contributed by atoms with Gasteiger partial charge in [-0.15, -0.1) is 11.3 Å². The number of rotatable bonds is 4. The second-order valence-corrected chi connectivity index (χ2v) is 7.74. The van der Waals surface area contributed by atoms with Crippen LogP contribution in [0.25, 0.3) is 0 Å². The quantitative estimate of drug-likeness (QED) is 0.842. The average Bonchev–Trinajstić information content (AvgIpc) is 3.03. The normalized spacial score (nSPS) is 15.5. The Morgan fingerprint density at radius 3 is 2.84 bits per heavy atom. The molecule has 1 aromatic carbocycles. The molecule has 100 valence electrons. The van der Waals surface area contributed by atoms with Gasteiger partial charge in [0, 0.05) is 17.5 Å². The third kappa shape index (κ3) is 3.10. The molecule has 1 atom stereocenters. The van der Waals surface area contributed by atoms with Gasteiger partial charge in [0.2, 0.25) is 0 Å². The summed E-state index contributed by atoms with van der Waals surface area (Å²) in [5.41, 5.74) is 4.53. The lowest BCUT2D eigenvalue weighted by Gasteiger charge is -2.15. The maximum Gasteiger partial charge on any atom is 0.0701 e. The molecule has 0 spiro atoms. The van der Waals surface area contributed by atoms with Crippen LogP contribution in [0.15, 0.2) is 34.1 Å². The molecule has 0 fully saturated rings. The van der Waals surface area contributed by atoms with Crippen LogP contribution in [-0.4, -0.2) is 0 Å². The minimum Gasteiger partial charge on any atom is -0.305 e. The molecule has 1 nitrogen and oxygen atoms in total. The number of halogens is 1. The highest BCUT2D eigenvalue weighted by Crippen LogP contribution is 2.26. The predicted molar refractivity (Wildman–Crippen MR) is 85.7 cm³/mol. The number of fused-ring (bicyclic) bond motifs is 1. The van der Waals surface area contributed by atoms with Crippen molar-refractivity contribution in [3.05, 3.63) is 55.7 Å². The second-order valence-electron chi connectivity index (χ2n) is 5.19. The van der Waals surface area contributed by atoms with Crippen molar-refractivity contribution in [3.63, 3.8) is 0 Å². The Balaban J connectivity index is 1.65. The van der Waals surface area contributed by atoms with Crippen LogP contribution in [0.5, 0.6) is 0 Å². The SMILES string of the molecule is CC(NCc1ccc(Br)s1)c1ccc2c(c1)CCC2. The van der Waals surface area contributed by atoms with Crippen molar-refractivity contribution in [3.8, 4) is 0 Å². The van der Waals surface area contributed by atoms with Crippen molar-refractivity contribution in [1.29, 1.82) is 0 Å². The lowest BCUT2D eigenvalue weighted by molar-refractivity contribution is 0.578. The number of hydrogen-bond donors (Lipinski definition) is 1. The summed E-state index contributed by atoms with van der Waals surface area (Å²) < 4.78 is 1.20. The van der Waals surface area contributed by atoms with Gasteiger partial charge in [-0.25, -0.2) is 0 Å². The van der Waals surface area contributed by atoms with Crippen LogP contribution < -0.4 is 5.32 Å². The minimum absolute atomic E-state index is 0.409. The van der Waals surface area contributed by atoms with Gasteiger partial charge in [0.05, 0.1) is 3.79 Å². The molecule has 1 aliphatic rings. The van der Waals surface area contributed by atoms with E-state index in [-0.39, 0.29) is 0 Å². The van der Waals surface area contributed by atoms with Gasteiger partial charge in [-0.1, -0.05) is 18.2 Å². The minimum atomic E-state index is 0.409. The first-order valence-electron chi connectivity index (χ1n) is 6.81. The van der Waals surface area contributed by atoms with Gasteiger partial charge in [0.25, 0.3) is 0 Å². The molecule has 3 heteroatoms. The topological polar surface area (TPSA) is 12.0 Å². The monoisotopic (exact) mass is 335 g/mol. The Morgan fingerprint density at radius 2 is 2.05 bits per heavy atom. The summed E-state index contributed by atoms with van der Waals surface area (Å²) in [4.78, 5) is 1.37. The van der Waals surface area contributed by atoms with E-state index in [2.05, 4.69) is 58.5 Å². The maximum atomic E-state index is 3.61. The zero-order valence-electron chi connectivity index (χ0n) is 11.1. The van der Waals surface area contributed by atoms with E-state index >= 15 is 0 Å². The van der Waals surface area contributed by atoms with Gasteiger partial charge < -0.3 is 5.32 Å². The van der Waals surface area contributed by atoms with Crippen molar-refractivity contribution < 1.29 is 0 Å².